The summed E-state index contributed by atoms with van der Waals surface area (Å²) in [4.78, 5) is 14.6. The molecule has 1 aliphatic carbocycles. The van der Waals surface area contributed by atoms with Gasteiger partial charge < -0.3 is 9.32 Å². The van der Waals surface area contributed by atoms with Crippen LogP contribution in [-0.4, -0.2) is 22.6 Å². The fourth-order valence-corrected chi connectivity index (χ4v) is 3.72. The highest BCUT2D eigenvalue weighted by Crippen LogP contribution is 2.33. The number of amides is 1. The number of benzene rings is 1. The summed E-state index contributed by atoms with van der Waals surface area (Å²) >= 11 is 0. The van der Waals surface area contributed by atoms with Gasteiger partial charge in [0.2, 0.25) is 17.7 Å². The van der Waals surface area contributed by atoms with Gasteiger partial charge in [0, 0.05) is 25.3 Å². The molecule has 5 nitrogen and oxygen atoms in total. The van der Waals surface area contributed by atoms with Gasteiger partial charge in [0.05, 0.1) is 5.69 Å². The molecule has 5 heteroatoms. The standard InChI is InChI=1S/C20H23N3O2/c24-19(23-14-6-5-8-15-7-3-4-11-17(15)23)13-12-18-21-22-20(25-18)16-9-1-2-10-16/h3-5,7-8,11,16H,1-2,6,9-10,12-14H2. The molecule has 0 N–H and O–H groups in total. The van der Waals surface area contributed by atoms with E-state index >= 15 is 0 Å². The molecule has 0 saturated heterocycles. The molecule has 1 aromatic heterocycles. The molecule has 1 aromatic carbocycles. The summed E-state index contributed by atoms with van der Waals surface area (Å²) in [5.41, 5.74) is 2.08. The Balaban J connectivity index is 1.41. The number of anilines is 1. The first-order chi connectivity index (χ1) is 12.3. The van der Waals surface area contributed by atoms with Crippen LogP contribution in [0.2, 0.25) is 0 Å². The molecule has 0 radical (unpaired) electrons. The highest BCUT2D eigenvalue weighted by atomic mass is 16.4. The highest BCUT2D eigenvalue weighted by molar-refractivity contribution is 5.95. The summed E-state index contributed by atoms with van der Waals surface area (Å²) in [6, 6.07) is 8.03. The van der Waals surface area contributed by atoms with Gasteiger partial charge in [-0.2, -0.15) is 0 Å². The Morgan fingerprint density at radius 3 is 2.92 bits per heavy atom. The first-order valence-electron chi connectivity index (χ1n) is 9.19. The second kappa shape index (κ2) is 7.21. The Morgan fingerprint density at radius 2 is 2.04 bits per heavy atom. The molecular formula is C20H23N3O2. The molecule has 0 bridgehead atoms. The Labute approximate surface area is 147 Å². The van der Waals surface area contributed by atoms with E-state index in [1.165, 1.54) is 12.8 Å². The second-order valence-electron chi connectivity index (χ2n) is 6.81. The minimum absolute atomic E-state index is 0.108. The Hall–Kier alpha value is -2.43. The maximum absolute atomic E-state index is 12.8. The molecule has 4 rings (SSSR count). The molecule has 0 unspecified atom stereocenters. The van der Waals surface area contributed by atoms with Gasteiger partial charge in [0.1, 0.15) is 0 Å². The Bertz CT molecular complexity index is 775. The molecule has 1 aliphatic heterocycles. The van der Waals surface area contributed by atoms with E-state index in [1.54, 1.807) is 0 Å². The van der Waals surface area contributed by atoms with Gasteiger partial charge in [-0.25, -0.2) is 0 Å². The SMILES string of the molecule is O=C(CCc1nnc(C2CCCC2)o1)N1CCC=Cc2ccccc21. The topological polar surface area (TPSA) is 59.2 Å². The predicted molar refractivity (Wildman–Crippen MR) is 96.3 cm³/mol. The van der Waals surface area contributed by atoms with E-state index in [1.807, 2.05) is 29.2 Å². The number of para-hydroxylation sites is 1. The van der Waals surface area contributed by atoms with Crippen molar-refractivity contribution < 1.29 is 9.21 Å². The van der Waals surface area contributed by atoms with Crippen molar-refractivity contribution in [3.8, 4) is 0 Å². The third kappa shape index (κ3) is 3.50. The number of hydrogen-bond acceptors (Lipinski definition) is 4. The lowest BCUT2D eigenvalue weighted by molar-refractivity contribution is -0.118. The van der Waals surface area contributed by atoms with Crippen LogP contribution >= 0.6 is 0 Å². The normalized spacial score (nSPS) is 17.5. The van der Waals surface area contributed by atoms with Gasteiger partial charge in [-0.15, -0.1) is 10.2 Å². The lowest BCUT2D eigenvalue weighted by Gasteiger charge is -2.22. The van der Waals surface area contributed by atoms with Crippen LogP contribution in [0.3, 0.4) is 0 Å². The van der Waals surface area contributed by atoms with Crippen LogP contribution < -0.4 is 4.90 Å². The molecule has 1 fully saturated rings. The van der Waals surface area contributed by atoms with E-state index in [9.17, 15) is 4.79 Å². The maximum Gasteiger partial charge on any atom is 0.227 e. The van der Waals surface area contributed by atoms with E-state index in [0.29, 0.717) is 31.2 Å². The second-order valence-corrected chi connectivity index (χ2v) is 6.81. The van der Waals surface area contributed by atoms with Crippen LogP contribution in [0.1, 0.15) is 61.8 Å². The van der Waals surface area contributed by atoms with Crippen LogP contribution in [0.4, 0.5) is 5.69 Å². The first kappa shape index (κ1) is 16.1. The molecule has 2 heterocycles. The molecule has 1 amide bonds. The van der Waals surface area contributed by atoms with Gasteiger partial charge in [-0.05, 0) is 30.9 Å². The molecule has 2 aliphatic rings. The number of aryl methyl sites for hydroxylation is 1. The summed E-state index contributed by atoms with van der Waals surface area (Å²) in [5, 5.41) is 8.33. The van der Waals surface area contributed by atoms with Crippen molar-refractivity contribution in [1.82, 2.24) is 10.2 Å². The van der Waals surface area contributed by atoms with Crippen LogP contribution in [-0.2, 0) is 11.2 Å². The number of hydrogen-bond donors (Lipinski definition) is 0. The van der Waals surface area contributed by atoms with Crippen LogP contribution in [0.5, 0.6) is 0 Å². The average Bonchev–Trinajstić information content (AvgIpc) is 3.27. The zero-order chi connectivity index (χ0) is 17.1. The quantitative estimate of drug-likeness (QED) is 0.842. The Morgan fingerprint density at radius 1 is 1.20 bits per heavy atom. The number of rotatable bonds is 4. The number of nitrogens with zero attached hydrogens (tertiary/aromatic N) is 3. The summed E-state index contributed by atoms with van der Waals surface area (Å²) in [6.45, 7) is 0.712. The molecule has 0 atom stereocenters. The van der Waals surface area contributed by atoms with Gasteiger partial charge >= 0.3 is 0 Å². The number of aromatic nitrogens is 2. The highest BCUT2D eigenvalue weighted by Gasteiger charge is 2.24. The Kier molecular flexibility index (Phi) is 4.63. The van der Waals surface area contributed by atoms with E-state index < -0.39 is 0 Å². The van der Waals surface area contributed by atoms with Crippen molar-refractivity contribution in [1.29, 1.82) is 0 Å². The van der Waals surface area contributed by atoms with Gasteiger partial charge in [0.25, 0.3) is 0 Å². The first-order valence-corrected chi connectivity index (χ1v) is 9.19. The van der Waals surface area contributed by atoms with E-state index in [0.717, 1.165) is 36.4 Å². The molecular weight excluding hydrogens is 314 g/mol. The maximum atomic E-state index is 12.8. The number of fused-ring (bicyclic) bond motifs is 1. The average molecular weight is 337 g/mol. The molecule has 25 heavy (non-hydrogen) atoms. The molecule has 1 saturated carbocycles. The minimum atomic E-state index is 0.108. The van der Waals surface area contributed by atoms with Crippen molar-refractivity contribution in [3.05, 3.63) is 47.7 Å². The van der Waals surface area contributed by atoms with Crippen LogP contribution in [0, 0.1) is 0 Å². The molecule has 2 aromatic rings. The molecule has 130 valence electrons. The van der Waals surface area contributed by atoms with Crippen molar-refractivity contribution in [2.45, 2.75) is 50.9 Å². The van der Waals surface area contributed by atoms with Crippen molar-refractivity contribution in [2.24, 2.45) is 0 Å². The third-order valence-corrected chi connectivity index (χ3v) is 5.09. The lowest BCUT2D eigenvalue weighted by Crippen LogP contribution is -2.32. The fraction of sp³-hybridized carbons (Fsp3) is 0.450. The largest absolute Gasteiger partial charge is 0.425 e. The summed E-state index contributed by atoms with van der Waals surface area (Å²) in [5.74, 6) is 1.86. The van der Waals surface area contributed by atoms with Crippen LogP contribution in [0.15, 0.2) is 34.8 Å². The minimum Gasteiger partial charge on any atom is -0.425 e. The summed E-state index contributed by atoms with van der Waals surface area (Å²) < 4.78 is 5.79. The predicted octanol–water partition coefficient (Wildman–Crippen LogP) is 4.11. The monoisotopic (exact) mass is 337 g/mol. The van der Waals surface area contributed by atoms with E-state index in [4.69, 9.17) is 4.42 Å². The van der Waals surface area contributed by atoms with Gasteiger partial charge in [0.15, 0.2) is 0 Å². The molecule has 0 spiro atoms. The van der Waals surface area contributed by atoms with Gasteiger partial charge in [-0.3, -0.25) is 4.79 Å². The van der Waals surface area contributed by atoms with E-state index in [2.05, 4.69) is 22.3 Å². The van der Waals surface area contributed by atoms with Gasteiger partial charge in [-0.1, -0.05) is 43.2 Å². The third-order valence-electron chi connectivity index (χ3n) is 5.09. The smallest absolute Gasteiger partial charge is 0.227 e. The van der Waals surface area contributed by atoms with Crippen molar-refractivity contribution >= 4 is 17.7 Å². The van der Waals surface area contributed by atoms with E-state index in [-0.39, 0.29) is 5.91 Å². The fourth-order valence-electron chi connectivity index (χ4n) is 3.72. The zero-order valence-corrected chi connectivity index (χ0v) is 14.4. The van der Waals surface area contributed by atoms with Crippen molar-refractivity contribution in [2.75, 3.05) is 11.4 Å². The summed E-state index contributed by atoms with van der Waals surface area (Å²) in [7, 11) is 0. The van der Waals surface area contributed by atoms with Crippen LogP contribution in [0.25, 0.3) is 6.08 Å². The summed E-state index contributed by atoms with van der Waals surface area (Å²) in [6.07, 6.45) is 10.7. The number of carbonyl (C=O) groups is 1. The lowest BCUT2D eigenvalue weighted by atomic mass is 10.1. The van der Waals surface area contributed by atoms with Crippen molar-refractivity contribution in [3.63, 3.8) is 0 Å². The zero-order valence-electron chi connectivity index (χ0n) is 14.4. The number of carbonyl (C=O) groups excluding carboxylic acids is 1.